The van der Waals surface area contributed by atoms with E-state index in [1.165, 1.54) is 12.8 Å². The van der Waals surface area contributed by atoms with Gasteiger partial charge >= 0.3 is 0 Å². The molecule has 0 bridgehead atoms. The molecule has 1 unspecified atom stereocenters. The lowest BCUT2D eigenvalue weighted by molar-refractivity contribution is 0.206. The highest BCUT2D eigenvalue weighted by atomic mass is 35.5. The summed E-state index contributed by atoms with van der Waals surface area (Å²) in [4.78, 5) is 2.55. The maximum atomic E-state index is 6.31. The van der Waals surface area contributed by atoms with Crippen LogP contribution in [0.2, 0.25) is 0 Å². The van der Waals surface area contributed by atoms with Crippen molar-refractivity contribution in [1.29, 1.82) is 0 Å². The van der Waals surface area contributed by atoms with Crippen molar-refractivity contribution < 1.29 is 0 Å². The Balaban J connectivity index is 2.57. The van der Waals surface area contributed by atoms with Gasteiger partial charge in [-0.1, -0.05) is 27.7 Å². The standard InChI is InChI=1S/C11H22ClN/c1-5-9(6-2)13-7-10(12)11(3,4)8-13/h9-10H,5-8H2,1-4H3. The van der Waals surface area contributed by atoms with Gasteiger partial charge in [-0.2, -0.15) is 0 Å². The quantitative estimate of drug-likeness (QED) is 0.638. The zero-order chi connectivity index (χ0) is 10.1. The molecule has 0 aliphatic carbocycles. The molecule has 0 amide bonds. The van der Waals surface area contributed by atoms with Crippen molar-refractivity contribution in [2.45, 2.75) is 52.0 Å². The summed E-state index contributed by atoms with van der Waals surface area (Å²) in [5.41, 5.74) is 0.296. The molecule has 2 heteroatoms. The Labute approximate surface area is 87.4 Å². The van der Waals surface area contributed by atoms with Crippen molar-refractivity contribution in [3.05, 3.63) is 0 Å². The Kier molecular flexibility index (Phi) is 3.64. The molecule has 1 nitrogen and oxygen atoms in total. The fourth-order valence-electron chi connectivity index (χ4n) is 2.22. The van der Waals surface area contributed by atoms with Gasteiger partial charge in [-0.05, 0) is 18.3 Å². The first-order valence-electron chi connectivity index (χ1n) is 5.39. The van der Waals surface area contributed by atoms with Crippen LogP contribution in [-0.2, 0) is 0 Å². The number of likely N-dealkylation sites (tertiary alicyclic amines) is 1. The van der Waals surface area contributed by atoms with Gasteiger partial charge in [0.1, 0.15) is 0 Å². The number of nitrogens with zero attached hydrogens (tertiary/aromatic N) is 1. The molecule has 0 N–H and O–H groups in total. The Morgan fingerprint density at radius 2 is 1.92 bits per heavy atom. The predicted molar refractivity (Wildman–Crippen MR) is 59.4 cm³/mol. The normalized spacial score (nSPS) is 28.6. The van der Waals surface area contributed by atoms with Crippen LogP contribution in [0.5, 0.6) is 0 Å². The lowest BCUT2D eigenvalue weighted by atomic mass is 9.92. The number of rotatable bonds is 3. The second-order valence-electron chi connectivity index (χ2n) is 4.86. The lowest BCUT2D eigenvalue weighted by Crippen LogP contribution is -2.33. The van der Waals surface area contributed by atoms with Crippen LogP contribution in [0.4, 0.5) is 0 Å². The summed E-state index contributed by atoms with van der Waals surface area (Å²) >= 11 is 6.31. The first-order chi connectivity index (χ1) is 6.01. The van der Waals surface area contributed by atoms with Gasteiger partial charge in [-0.25, -0.2) is 0 Å². The van der Waals surface area contributed by atoms with E-state index >= 15 is 0 Å². The van der Waals surface area contributed by atoms with Crippen LogP contribution in [0.3, 0.4) is 0 Å². The molecule has 0 spiro atoms. The highest BCUT2D eigenvalue weighted by Crippen LogP contribution is 2.35. The van der Waals surface area contributed by atoms with Gasteiger partial charge in [0.2, 0.25) is 0 Å². The molecule has 0 saturated carbocycles. The first kappa shape index (κ1) is 11.3. The summed E-state index contributed by atoms with van der Waals surface area (Å²) in [6.45, 7) is 11.3. The summed E-state index contributed by atoms with van der Waals surface area (Å²) in [7, 11) is 0. The van der Waals surface area contributed by atoms with Crippen molar-refractivity contribution >= 4 is 11.6 Å². The van der Waals surface area contributed by atoms with Gasteiger partial charge in [0.15, 0.2) is 0 Å². The maximum absolute atomic E-state index is 6.31. The summed E-state index contributed by atoms with van der Waals surface area (Å²) in [5.74, 6) is 0. The third-order valence-electron chi connectivity index (χ3n) is 3.31. The van der Waals surface area contributed by atoms with E-state index in [4.69, 9.17) is 11.6 Å². The Morgan fingerprint density at radius 3 is 2.23 bits per heavy atom. The van der Waals surface area contributed by atoms with Gasteiger partial charge in [0, 0.05) is 19.1 Å². The largest absolute Gasteiger partial charge is 0.298 e. The van der Waals surface area contributed by atoms with Crippen LogP contribution in [0.15, 0.2) is 0 Å². The van der Waals surface area contributed by atoms with E-state index in [-0.39, 0.29) is 0 Å². The minimum absolute atomic E-state index is 0.296. The molecule has 1 heterocycles. The molecular formula is C11H22ClN. The van der Waals surface area contributed by atoms with Crippen LogP contribution in [0.1, 0.15) is 40.5 Å². The summed E-state index contributed by atoms with van der Waals surface area (Å²) < 4.78 is 0. The number of alkyl halides is 1. The molecule has 1 saturated heterocycles. The molecule has 1 atom stereocenters. The molecule has 1 aliphatic heterocycles. The molecule has 0 aromatic heterocycles. The van der Waals surface area contributed by atoms with E-state index in [1.54, 1.807) is 0 Å². The average Bonchev–Trinajstić information content (AvgIpc) is 2.29. The molecule has 1 rings (SSSR count). The topological polar surface area (TPSA) is 3.24 Å². The minimum Gasteiger partial charge on any atom is -0.298 e. The predicted octanol–water partition coefficient (Wildman–Crippen LogP) is 3.12. The van der Waals surface area contributed by atoms with E-state index in [0.717, 1.165) is 19.1 Å². The SMILES string of the molecule is CCC(CC)N1CC(Cl)C(C)(C)C1. The molecule has 13 heavy (non-hydrogen) atoms. The minimum atomic E-state index is 0.296. The van der Waals surface area contributed by atoms with E-state index in [1.807, 2.05) is 0 Å². The second-order valence-corrected chi connectivity index (χ2v) is 5.38. The highest BCUT2D eigenvalue weighted by molar-refractivity contribution is 6.21. The third-order valence-corrected chi connectivity index (χ3v) is 4.04. The number of hydrogen-bond acceptors (Lipinski definition) is 1. The van der Waals surface area contributed by atoms with Gasteiger partial charge in [0.25, 0.3) is 0 Å². The van der Waals surface area contributed by atoms with Crippen molar-refractivity contribution in [3.8, 4) is 0 Å². The van der Waals surface area contributed by atoms with E-state index in [2.05, 4.69) is 32.6 Å². The molecule has 0 radical (unpaired) electrons. The fraction of sp³-hybridized carbons (Fsp3) is 1.00. The van der Waals surface area contributed by atoms with Gasteiger partial charge in [0.05, 0.1) is 5.38 Å². The molecule has 1 fully saturated rings. The molecule has 0 aromatic rings. The van der Waals surface area contributed by atoms with Crippen LogP contribution < -0.4 is 0 Å². The van der Waals surface area contributed by atoms with Gasteiger partial charge in [-0.15, -0.1) is 11.6 Å². The first-order valence-corrected chi connectivity index (χ1v) is 5.83. The van der Waals surface area contributed by atoms with E-state index in [0.29, 0.717) is 10.8 Å². The van der Waals surface area contributed by atoms with Crippen LogP contribution in [0, 0.1) is 5.41 Å². The zero-order valence-corrected chi connectivity index (χ0v) is 10.1. The smallest absolute Gasteiger partial charge is 0.0526 e. The second kappa shape index (κ2) is 4.18. The fourth-order valence-corrected chi connectivity index (χ4v) is 2.47. The molecule has 0 aromatic carbocycles. The Bertz CT molecular complexity index is 163. The van der Waals surface area contributed by atoms with Gasteiger partial charge < -0.3 is 0 Å². The van der Waals surface area contributed by atoms with Gasteiger partial charge in [-0.3, -0.25) is 4.90 Å². The van der Waals surface area contributed by atoms with Crippen molar-refractivity contribution in [2.75, 3.05) is 13.1 Å². The van der Waals surface area contributed by atoms with E-state index < -0.39 is 0 Å². The van der Waals surface area contributed by atoms with Crippen molar-refractivity contribution in [1.82, 2.24) is 4.90 Å². The van der Waals surface area contributed by atoms with Crippen molar-refractivity contribution in [3.63, 3.8) is 0 Å². The molecule has 78 valence electrons. The summed E-state index contributed by atoms with van der Waals surface area (Å²) in [6, 6.07) is 0.739. The number of hydrogen-bond donors (Lipinski definition) is 0. The zero-order valence-electron chi connectivity index (χ0n) is 9.31. The summed E-state index contributed by atoms with van der Waals surface area (Å²) in [5, 5.41) is 0.327. The van der Waals surface area contributed by atoms with Crippen LogP contribution in [0.25, 0.3) is 0 Å². The van der Waals surface area contributed by atoms with Crippen LogP contribution in [-0.4, -0.2) is 29.4 Å². The Morgan fingerprint density at radius 1 is 1.38 bits per heavy atom. The molecular weight excluding hydrogens is 182 g/mol. The number of halogens is 1. The molecule has 1 aliphatic rings. The van der Waals surface area contributed by atoms with Crippen LogP contribution >= 0.6 is 11.6 Å². The average molecular weight is 204 g/mol. The maximum Gasteiger partial charge on any atom is 0.0526 e. The highest BCUT2D eigenvalue weighted by Gasteiger charge is 2.39. The van der Waals surface area contributed by atoms with E-state index in [9.17, 15) is 0 Å². The third kappa shape index (κ3) is 2.38. The Hall–Kier alpha value is 0.250. The lowest BCUT2D eigenvalue weighted by Gasteiger charge is -2.27. The van der Waals surface area contributed by atoms with Crippen molar-refractivity contribution in [2.24, 2.45) is 5.41 Å². The monoisotopic (exact) mass is 203 g/mol. The summed E-state index contributed by atoms with van der Waals surface area (Å²) in [6.07, 6.45) is 2.49.